The number of esters is 1. The molecule has 0 aliphatic heterocycles. The van der Waals surface area contributed by atoms with E-state index < -0.39 is 23.5 Å². The molecular weight excluding hydrogens is 464 g/mol. The molecule has 1 aromatic heterocycles. The Labute approximate surface area is 207 Å². The molecule has 2 amide bonds. The fourth-order valence-electron chi connectivity index (χ4n) is 3.43. The van der Waals surface area contributed by atoms with Crippen LogP contribution in [0.4, 0.5) is 5.13 Å². The highest BCUT2D eigenvalue weighted by Crippen LogP contribution is 2.30. The summed E-state index contributed by atoms with van der Waals surface area (Å²) in [6.07, 6.45) is 3.93. The molecule has 1 aliphatic carbocycles. The first kappa shape index (κ1) is 24.3. The summed E-state index contributed by atoms with van der Waals surface area (Å²) in [4.78, 5) is 42.6. The van der Waals surface area contributed by atoms with Crippen LogP contribution in [0, 0.1) is 11.3 Å². The van der Waals surface area contributed by atoms with Crippen molar-refractivity contribution in [1.82, 2.24) is 10.3 Å². The van der Waals surface area contributed by atoms with Crippen LogP contribution in [0.5, 0.6) is 0 Å². The topological polar surface area (TPSA) is 121 Å². The van der Waals surface area contributed by atoms with Crippen LogP contribution in [0.3, 0.4) is 0 Å². The summed E-state index contributed by atoms with van der Waals surface area (Å²) in [5.74, 6) is -2.37. The Morgan fingerprint density at radius 3 is 2.63 bits per heavy atom. The smallest absolute Gasteiger partial charge is 0.353 e. The maximum absolute atomic E-state index is 12.8. The molecule has 1 fully saturated rings. The van der Waals surface area contributed by atoms with Gasteiger partial charge in [-0.1, -0.05) is 60.7 Å². The average molecular weight is 491 g/mol. The zero-order chi connectivity index (χ0) is 24.8. The lowest BCUT2D eigenvalue weighted by Crippen LogP contribution is -2.34. The highest BCUT2D eigenvalue weighted by molar-refractivity contribution is 7.19. The number of nitrogens with zero attached hydrogens (tertiary/aromatic N) is 1. The number of hydrogen-bond acceptors (Lipinski definition) is 7. The van der Waals surface area contributed by atoms with E-state index in [4.69, 9.17) is 10.1 Å². The molecule has 1 saturated carbocycles. The molecule has 1 atom stereocenters. The quantitative estimate of drug-likeness (QED) is 0.287. The third kappa shape index (κ3) is 6.39. The summed E-state index contributed by atoms with van der Waals surface area (Å²) in [6.45, 7) is 1.77. The Balaban J connectivity index is 1.37. The zero-order valence-corrected chi connectivity index (χ0v) is 20.1. The van der Waals surface area contributed by atoms with Gasteiger partial charge in [0.1, 0.15) is 12.3 Å². The SMILES string of the molecule is CC[C@@H](C(=N)C(=O)OCc1ccccc1)C(=O)Nc1ncc(-c2cccc(C(=O)NC3CC3)c2)s1. The van der Waals surface area contributed by atoms with Crippen LogP contribution in [0.25, 0.3) is 10.4 Å². The van der Waals surface area contributed by atoms with Crippen LogP contribution in [0.15, 0.2) is 60.8 Å². The average Bonchev–Trinajstić information content (AvgIpc) is 3.57. The number of ether oxygens (including phenoxy) is 1. The predicted molar refractivity (Wildman–Crippen MR) is 134 cm³/mol. The number of thiazole rings is 1. The van der Waals surface area contributed by atoms with E-state index in [-0.39, 0.29) is 25.0 Å². The number of rotatable bonds is 10. The number of carbonyl (C=O) groups excluding carboxylic acids is 3. The minimum atomic E-state index is -0.958. The van der Waals surface area contributed by atoms with E-state index in [9.17, 15) is 14.4 Å². The Hall–Kier alpha value is -3.85. The molecule has 180 valence electrons. The van der Waals surface area contributed by atoms with Crippen molar-refractivity contribution in [1.29, 1.82) is 5.41 Å². The second-order valence-electron chi connectivity index (χ2n) is 8.28. The molecule has 4 rings (SSSR count). The molecule has 9 heteroatoms. The fourth-order valence-corrected chi connectivity index (χ4v) is 4.25. The highest BCUT2D eigenvalue weighted by Gasteiger charge is 2.28. The van der Waals surface area contributed by atoms with Crippen LogP contribution >= 0.6 is 11.3 Å². The lowest BCUT2D eigenvalue weighted by molar-refractivity contribution is -0.137. The molecule has 0 radical (unpaired) electrons. The molecule has 1 aliphatic rings. The van der Waals surface area contributed by atoms with Crippen molar-refractivity contribution in [3.8, 4) is 10.4 Å². The van der Waals surface area contributed by atoms with Crippen molar-refractivity contribution in [2.75, 3.05) is 5.32 Å². The van der Waals surface area contributed by atoms with Crippen LogP contribution in [-0.2, 0) is 20.9 Å². The van der Waals surface area contributed by atoms with E-state index in [0.717, 1.165) is 28.8 Å². The molecule has 0 unspecified atom stereocenters. The van der Waals surface area contributed by atoms with Crippen LogP contribution in [0.1, 0.15) is 42.1 Å². The molecule has 3 N–H and O–H groups in total. The molecule has 35 heavy (non-hydrogen) atoms. The van der Waals surface area contributed by atoms with Crippen LogP contribution < -0.4 is 10.6 Å². The number of nitrogens with one attached hydrogen (secondary N) is 3. The van der Waals surface area contributed by atoms with Gasteiger partial charge in [-0.3, -0.25) is 15.0 Å². The Kier molecular flexibility index (Phi) is 7.67. The second-order valence-corrected chi connectivity index (χ2v) is 9.31. The Morgan fingerprint density at radius 2 is 1.91 bits per heavy atom. The van der Waals surface area contributed by atoms with Crippen molar-refractivity contribution in [3.05, 3.63) is 71.9 Å². The molecule has 0 saturated heterocycles. The maximum Gasteiger partial charge on any atom is 0.353 e. The summed E-state index contributed by atoms with van der Waals surface area (Å²) >= 11 is 1.26. The number of benzene rings is 2. The third-order valence-electron chi connectivity index (χ3n) is 5.56. The molecule has 0 bridgehead atoms. The minimum absolute atomic E-state index is 0.0354. The van der Waals surface area contributed by atoms with Crippen LogP contribution in [-0.4, -0.2) is 34.5 Å². The van der Waals surface area contributed by atoms with E-state index in [2.05, 4.69) is 15.6 Å². The highest BCUT2D eigenvalue weighted by atomic mass is 32.1. The first-order chi connectivity index (χ1) is 16.9. The normalized spacial score (nSPS) is 13.5. The summed E-state index contributed by atoms with van der Waals surface area (Å²) < 4.78 is 5.20. The summed E-state index contributed by atoms with van der Waals surface area (Å²) in [7, 11) is 0. The van der Waals surface area contributed by atoms with Gasteiger partial charge in [-0.05, 0) is 42.5 Å². The summed E-state index contributed by atoms with van der Waals surface area (Å²) in [5, 5.41) is 14.2. The summed E-state index contributed by atoms with van der Waals surface area (Å²) in [5.41, 5.74) is 1.79. The first-order valence-electron chi connectivity index (χ1n) is 11.4. The van der Waals surface area contributed by atoms with Gasteiger partial charge in [-0.25, -0.2) is 9.78 Å². The predicted octanol–water partition coefficient (Wildman–Crippen LogP) is 4.43. The fraction of sp³-hybridized carbons (Fsp3) is 0.269. The number of anilines is 1. The summed E-state index contributed by atoms with van der Waals surface area (Å²) in [6, 6.07) is 16.7. The van der Waals surface area contributed by atoms with Gasteiger partial charge in [0.25, 0.3) is 5.91 Å². The molecule has 3 aromatic rings. The lowest BCUT2D eigenvalue weighted by atomic mass is 9.99. The molecular formula is C26H26N4O4S. The van der Waals surface area contributed by atoms with Crippen molar-refractivity contribution in [2.24, 2.45) is 5.92 Å². The molecule has 1 heterocycles. The van der Waals surface area contributed by atoms with E-state index in [0.29, 0.717) is 10.7 Å². The van der Waals surface area contributed by atoms with Crippen molar-refractivity contribution >= 4 is 40.0 Å². The van der Waals surface area contributed by atoms with E-state index in [1.165, 1.54) is 11.3 Å². The number of aromatic nitrogens is 1. The Bertz CT molecular complexity index is 1240. The number of hydrogen-bond donors (Lipinski definition) is 3. The van der Waals surface area contributed by atoms with Gasteiger partial charge in [-0.15, -0.1) is 0 Å². The monoisotopic (exact) mass is 490 g/mol. The van der Waals surface area contributed by atoms with E-state index >= 15 is 0 Å². The maximum atomic E-state index is 12.8. The van der Waals surface area contributed by atoms with Gasteiger partial charge in [0.15, 0.2) is 5.13 Å². The molecule has 0 spiro atoms. The standard InChI is InChI=1S/C26H26N4O4S/c1-2-20(22(27)25(33)34-15-16-7-4-3-5-8-16)24(32)30-26-28-14-21(35-26)17-9-6-10-18(13-17)23(31)29-19-11-12-19/h3-10,13-14,19-20,27H,2,11-12,15H2,1H3,(H,29,31)(H,28,30,32)/t20-/m0/s1. The van der Waals surface area contributed by atoms with E-state index in [1.54, 1.807) is 25.3 Å². The van der Waals surface area contributed by atoms with Gasteiger partial charge in [-0.2, -0.15) is 0 Å². The van der Waals surface area contributed by atoms with Gasteiger partial charge >= 0.3 is 5.97 Å². The molecule has 8 nitrogen and oxygen atoms in total. The minimum Gasteiger partial charge on any atom is -0.456 e. The third-order valence-corrected chi connectivity index (χ3v) is 6.53. The Morgan fingerprint density at radius 1 is 1.14 bits per heavy atom. The van der Waals surface area contributed by atoms with E-state index in [1.807, 2.05) is 42.5 Å². The second kappa shape index (κ2) is 11.1. The first-order valence-corrected chi connectivity index (χ1v) is 12.2. The molecule has 2 aromatic carbocycles. The van der Waals surface area contributed by atoms with Crippen molar-refractivity contribution < 1.29 is 19.1 Å². The van der Waals surface area contributed by atoms with Gasteiger partial charge in [0.05, 0.1) is 10.8 Å². The number of amides is 2. The number of carbonyl (C=O) groups is 3. The van der Waals surface area contributed by atoms with Gasteiger partial charge in [0, 0.05) is 17.8 Å². The van der Waals surface area contributed by atoms with Gasteiger partial charge in [0.2, 0.25) is 5.91 Å². The van der Waals surface area contributed by atoms with Crippen molar-refractivity contribution in [3.63, 3.8) is 0 Å². The van der Waals surface area contributed by atoms with Crippen molar-refractivity contribution in [2.45, 2.75) is 38.8 Å². The van der Waals surface area contributed by atoms with Crippen LogP contribution in [0.2, 0.25) is 0 Å². The lowest BCUT2D eigenvalue weighted by Gasteiger charge is -2.14. The largest absolute Gasteiger partial charge is 0.456 e. The van der Waals surface area contributed by atoms with Gasteiger partial charge < -0.3 is 15.4 Å². The zero-order valence-electron chi connectivity index (χ0n) is 19.2.